The molecule has 0 saturated heterocycles. The Balaban J connectivity index is 1.88. The van der Waals surface area contributed by atoms with Crippen LogP contribution in [0.4, 0.5) is 0 Å². The van der Waals surface area contributed by atoms with Crippen LogP contribution in [0.2, 0.25) is 0 Å². The van der Waals surface area contributed by atoms with Crippen LogP contribution in [-0.2, 0) is 0 Å². The van der Waals surface area contributed by atoms with Crippen LogP contribution in [0.3, 0.4) is 0 Å². The minimum atomic E-state index is 0.271. The summed E-state index contributed by atoms with van der Waals surface area (Å²) in [7, 11) is 0. The van der Waals surface area contributed by atoms with Gasteiger partial charge in [0.15, 0.2) is 11.6 Å². The van der Waals surface area contributed by atoms with E-state index in [1.54, 1.807) is 6.20 Å². The lowest BCUT2D eigenvalue weighted by Crippen LogP contribution is -2.11. The van der Waals surface area contributed by atoms with Crippen LogP contribution in [-0.4, -0.2) is 29.4 Å². The van der Waals surface area contributed by atoms with Gasteiger partial charge < -0.3 is 0 Å². The van der Waals surface area contributed by atoms with Crippen molar-refractivity contribution in [1.82, 2.24) is 29.4 Å². The van der Waals surface area contributed by atoms with Crippen molar-refractivity contribution in [2.24, 2.45) is 0 Å². The van der Waals surface area contributed by atoms with Crippen LogP contribution in [0.15, 0.2) is 24.8 Å². The molecule has 3 aromatic heterocycles. The smallest absolute Gasteiger partial charge is 0.162 e. The Morgan fingerprint density at radius 1 is 1.24 bits per heavy atom. The molecule has 108 valence electrons. The highest BCUT2D eigenvalue weighted by Gasteiger charge is 2.26. The van der Waals surface area contributed by atoms with E-state index in [4.69, 9.17) is 10.1 Å². The van der Waals surface area contributed by atoms with Gasteiger partial charge in [-0.05, 0) is 26.7 Å². The van der Waals surface area contributed by atoms with Crippen molar-refractivity contribution in [3.8, 4) is 11.4 Å². The molecular formula is C15H18N6. The summed E-state index contributed by atoms with van der Waals surface area (Å²) < 4.78 is 3.84. The average Bonchev–Trinajstić information content (AvgIpc) is 3.00. The summed E-state index contributed by atoms with van der Waals surface area (Å²) in [5, 5.41) is 9.12. The first-order valence-electron chi connectivity index (χ1n) is 7.48. The van der Waals surface area contributed by atoms with Crippen molar-refractivity contribution < 1.29 is 0 Å². The van der Waals surface area contributed by atoms with Crippen molar-refractivity contribution in [3.63, 3.8) is 0 Å². The van der Waals surface area contributed by atoms with Gasteiger partial charge in [0.05, 0.1) is 23.5 Å². The fraction of sp³-hybridized carbons (Fsp3) is 0.467. The van der Waals surface area contributed by atoms with Gasteiger partial charge in [0.1, 0.15) is 0 Å². The van der Waals surface area contributed by atoms with E-state index in [2.05, 4.69) is 23.9 Å². The molecule has 6 nitrogen and oxygen atoms in total. The normalized spacial score (nSPS) is 15.8. The zero-order valence-corrected chi connectivity index (χ0v) is 12.3. The van der Waals surface area contributed by atoms with Crippen LogP contribution in [0.1, 0.15) is 50.9 Å². The number of nitrogens with zero attached hydrogens (tertiary/aromatic N) is 6. The largest absolute Gasteiger partial charge is 0.261 e. The van der Waals surface area contributed by atoms with Crippen LogP contribution < -0.4 is 0 Å². The van der Waals surface area contributed by atoms with Gasteiger partial charge in [-0.15, -0.1) is 0 Å². The van der Waals surface area contributed by atoms with Crippen LogP contribution in [0.25, 0.3) is 16.9 Å². The fourth-order valence-corrected chi connectivity index (χ4v) is 2.73. The number of rotatable bonds is 3. The number of fused-ring (bicyclic) bond motifs is 1. The third kappa shape index (κ3) is 1.93. The zero-order chi connectivity index (χ0) is 14.4. The minimum absolute atomic E-state index is 0.271. The topological polar surface area (TPSA) is 60.9 Å². The predicted molar refractivity (Wildman–Crippen MR) is 79.0 cm³/mol. The quantitative estimate of drug-likeness (QED) is 0.741. The summed E-state index contributed by atoms with van der Waals surface area (Å²) in [6.07, 6.45) is 11.0. The first kappa shape index (κ1) is 12.5. The second kappa shape index (κ2) is 4.65. The maximum absolute atomic E-state index is 4.82. The summed E-state index contributed by atoms with van der Waals surface area (Å²) >= 11 is 0. The molecule has 1 saturated carbocycles. The fourth-order valence-electron chi connectivity index (χ4n) is 2.73. The first-order chi connectivity index (χ1) is 10.2. The molecule has 0 bridgehead atoms. The van der Waals surface area contributed by atoms with E-state index in [-0.39, 0.29) is 6.04 Å². The molecule has 6 heteroatoms. The van der Waals surface area contributed by atoms with Crippen LogP contribution >= 0.6 is 0 Å². The summed E-state index contributed by atoms with van der Waals surface area (Å²) in [4.78, 5) is 9.01. The standard InChI is InChI=1S/C15H18N6/c1-10(2)21-15(18-14(19-21)11-4-3-5-11)12-8-17-20-7-6-16-9-13(12)20/h6-11H,3-5H2,1-2H3. The Bertz CT molecular complexity index is 780. The van der Waals surface area contributed by atoms with Gasteiger partial charge in [-0.25, -0.2) is 14.2 Å². The average molecular weight is 282 g/mol. The van der Waals surface area contributed by atoms with Gasteiger partial charge in [-0.3, -0.25) is 4.98 Å². The van der Waals surface area contributed by atoms with E-state index in [0.717, 1.165) is 22.7 Å². The van der Waals surface area contributed by atoms with Crippen LogP contribution in [0.5, 0.6) is 0 Å². The number of hydrogen-bond acceptors (Lipinski definition) is 4. The SMILES string of the molecule is CC(C)n1nc(C2CCC2)nc1-c1cnn2ccncc12. The van der Waals surface area contributed by atoms with E-state index in [0.29, 0.717) is 5.92 Å². The lowest BCUT2D eigenvalue weighted by atomic mass is 9.85. The number of hydrogen-bond donors (Lipinski definition) is 0. The minimum Gasteiger partial charge on any atom is -0.261 e. The highest BCUT2D eigenvalue weighted by Crippen LogP contribution is 2.36. The first-order valence-corrected chi connectivity index (χ1v) is 7.48. The van der Waals surface area contributed by atoms with Gasteiger partial charge in [-0.1, -0.05) is 6.42 Å². The molecule has 21 heavy (non-hydrogen) atoms. The molecule has 0 atom stereocenters. The Hall–Kier alpha value is -2.24. The molecule has 1 fully saturated rings. The van der Waals surface area contributed by atoms with Gasteiger partial charge in [0.2, 0.25) is 0 Å². The van der Waals surface area contributed by atoms with E-state index >= 15 is 0 Å². The van der Waals surface area contributed by atoms with Crippen LogP contribution in [0, 0.1) is 0 Å². The molecular weight excluding hydrogens is 264 g/mol. The Morgan fingerprint density at radius 2 is 2.10 bits per heavy atom. The van der Waals surface area contributed by atoms with Crippen molar-refractivity contribution in [1.29, 1.82) is 0 Å². The molecule has 3 heterocycles. The molecule has 0 N–H and O–H groups in total. The van der Waals surface area contributed by atoms with Gasteiger partial charge in [0.25, 0.3) is 0 Å². The Kier molecular flexibility index (Phi) is 2.77. The third-order valence-electron chi connectivity index (χ3n) is 4.17. The molecule has 3 aromatic rings. The van der Waals surface area contributed by atoms with E-state index in [1.165, 1.54) is 19.3 Å². The maximum atomic E-state index is 4.82. The lowest BCUT2D eigenvalue weighted by Gasteiger charge is -2.21. The van der Waals surface area contributed by atoms with Gasteiger partial charge >= 0.3 is 0 Å². The van der Waals surface area contributed by atoms with Crippen molar-refractivity contribution in [2.45, 2.75) is 45.1 Å². The van der Waals surface area contributed by atoms with E-state index in [1.807, 2.05) is 27.8 Å². The third-order valence-corrected chi connectivity index (χ3v) is 4.17. The molecule has 0 spiro atoms. The molecule has 1 aliphatic carbocycles. The molecule has 0 aliphatic heterocycles. The van der Waals surface area contributed by atoms with Crippen molar-refractivity contribution >= 4 is 5.52 Å². The summed E-state index contributed by atoms with van der Waals surface area (Å²) in [5.41, 5.74) is 1.96. The van der Waals surface area contributed by atoms with E-state index in [9.17, 15) is 0 Å². The molecule has 0 aromatic carbocycles. The molecule has 0 amide bonds. The van der Waals surface area contributed by atoms with E-state index < -0.39 is 0 Å². The second-order valence-corrected chi connectivity index (χ2v) is 5.92. The number of aromatic nitrogens is 6. The summed E-state index contributed by atoms with van der Waals surface area (Å²) in [5.74, 6) is 2.41. The summed E-state index contributed by atoms with van der Waals surface area (Å²) in [6, 6.07) is 0.271. The lowest BCUT2D eigenvalue weighted by molar-refractivity contribution is 0.395. The highest BCUT2D eigenvalue weighted by atomic mass is 15.4. The molecule has 4 rings (SSSR count). The zero-order valence-electron chi connectivity index (χ0n) is 12.3. The molecule has 1 aliphatic rings. The maximum Gasteiger partial charge on any atom is 0.162 e. The van der Waals surface area contributed by atoms with Crippen molar-refractivity contribution in [2.75, 3.05) is 0 Å². The van der Waals surface area contributed by atoms with Gasteiger partial charge in [0, 0.05) is 24.4 Å². The summed E-state index contributed by atoms with van der Waals surface area (Å²) in [6.45, 7) is 4.26. The van der Waals surface area contributed by atoms with Gasteiger partial charge in [-0.2, -0.15) is 10.2 Å². The molecule has 0 radical (unpaired) electrons. The second-order valence-electron chi connectivity index (χ2n) is 5.92. The van der Waals surface area contributed by atoms with Crippen molar-refractivity contribution in [3.05, 3.63) is 30.6 Å². The predicted octanol–water partition coefficient (Wildman–Crippen LogP) is 2.84. The Morgan fingerprint density at radius 3 is 2.81 bits per heavy atom. The molecule has 0 unspecified atom stereocenters. The monoisotopic (exact) mass is 282 g/mol. The Labute approximate surface area is 122 Å². The highest BCUT2D eigenvalue weighted by molar-refractivity contribution is 5.75.